The number of fused-ring (bicyclic) bond motifs is 2. The number of esters is 1. The molecule has 2 N–H and O–H groups in total. The summed E-state index contributed by atoms with van der Waals surface area (Å²) in [6.07, 6.45) is 6.89. The van der Waals surface area contributed by atoms with Crippen LogP contribution in [0.5, 0.6) is 0 Å². The minimum absolute atomic E-state index is 0.0399. The summed E-state index contributed by atoms with van der Waals surface area (Å²) >= 11 is 0. The molecule has 1 aromatic carbocycles. The molecule has 0 aliphatic heterocycles. The van der Waals surface area contributed by atoms with Gasteiger partial charge in [0.05, 0.1) is 11.0 Å². The van der Waals surface area contributed by atoms with Gasteiger partial charge in [-0.05, 0) is 37.8 Å². The van der Waals surface area contributed by atoms with Gasteiger partial charge in [0.15, 0.2) is 5.65 Å². The Morgan fingerprint density at radius 2 is 1.92 bits per heavy atom. The first kappa shape index (κ1) is 16.6. The molecule has 0 spiro atoms. The van der Waals surface area contributed by atoms with Gasteiger partial charge in [0.1, 0.15) is 23.0 Å². The van der Waals surface area contributed by atoms with Gasteiger partial charge in [-0.25, -0.2) is 14.8 Å². The second kappa shape index (κ2) is 6.78. The molecule has 0 amide bonds. The number of ether oxygens (including phenoxy) is 1. The minimum Gasteiger partial charge on any atom is -0.459 e. The Morgan fingerprint density at radius 3 is 2.62 bits per heavy atom. The van der Waals surface area contributed by atoms with Crippen molar-refractivity contribution < 1.29 is 9.53 Å². The van der Waals surface area contributed by atoms with E-state index in [1.807, 2.05) is 24.3 Å². The summed E-state index contributed by atoms with van der Waals surface area (Å²) in [5.74, 6) is -0.0807. The number of allylic oxidation sites excluding steroid dienone is 1. The number of aromatic nitrogens is 3. The van der Waals surface area contributed by atoms with E-state index in [9.17, 15) is 4.79 Å². The highest BCUT2D eigenvalue weighted by molar-refractivity contribution is 6.08. The molecule has 1 aliphatic carbocycles. The molecule has 0 atom stereocenters. The highest BCUT2D eigenvalue weighted by Gasteiger charge is 2.27. The monoisotopic (exact) mass is 350 g/mol. The molecule has 1 saturated carbocycles. The SMILES string of the molecule is C=CCn1c(N)c(C(=O)OC2CCCCC2)c2nc3ccccc3nc21. The van der Waals surface area contributed by atoms with Gasteiger partial charge < -0.3 is 15.0 Å². The third kappa shape index (κ3) is 2.81. The van der Waals surface area contributed by atoms with Crippen molar-refractivity contribution in [1.29, 1.82) is 0 Å². The van der Waals surface area contributed by atoms with Crippen LogP contribution in [0.25, 0.3) is 22.2 Å². The van der Waals surface area contributed by atoms with Crippen molar-refractivity contribution in [2.75, 3.05) is 5.73 Å². The number of nitrogens with two attached hydrogens (primary N) is 1. The van der Waals surface area contributed by atoms with Crippen molar-refractivity contribution in [2.45, 2.75) is 44.8 Å². The number of hydrogen-bond acceptors (Lipinski definition) is 5. The molecular formula is C20H22N4O2. The zero-order valence-electron chi connectivity index (χ0n) is 14.6. The van der Waals surface area contributed by atoms with Crippen LogP contribution < -0.4 is 5.73 Å². The molecule has 1 fully saturated rings. The van der Waals surface area contributed by atoms with Gasteiger partial charge in [-0.1, -0.05) is 24.6 Å². The van der Waals surface area contributed by atoms with E-state index in [0.29, 0.717) is 29.1 Å². The Labute approximate surface area is 151 Å². The van der Waals surface area contributed by atoms with Gasteiger partial charge in [-0.15, -0.1) is 6.58 Å². The Bertz CT molecular complexity index is 986. The summed E-state index contributed by atoms with van der Waals surface area (Å²) in [4.78, 5) is 22.2. The summed E-state index contributed by atoms with van der Waals surface area (Å²) in [5, 5.41) is 0. The normalized spacial score (nSPS) is 15.4. The molecule has 0 unspecified atom stereocenters. The van der Waals surface area contributed by atoms with Gasteiger partial charge in [0.2, 0.25) is 0 Å². The Morgan fingerprint density at radius 1 is 1.23 bits per heavy atom. The zero-order chi connectivity index (χ0) is 18.1. The number of nitrogens with zero attached hydrogens (tertiary/aromatic N) is 3. The highest BCUT2D eigenvalue weighted by atomic mass is 16.5. The molecule has 3 aromatic rings. The molecule has 0 bridgehead atoms. The number of benzene rings is 1. The van der Waals surface area contributed by atoms with Crippen LogP contribution >= 0.6 is 0 Å². The van der Waals surface area contributed by atoms with Crippen molar-refractivity contribution in [2.24, 2.45) is 0 Å². The van der Waals surface area contributed by atoms with Crippen LogP contribution in [0.1, 0.15) is 42.5 Å². The van der Waals surface area contributed by atoms with E-state index in [1.54, 1.807) is 10.6 Å². The van der Waals surface area contributed by atoms with Crippen LogP contribution in [-0.2, 0) is 11.3 Å². The van der Waals surface area contributed by atoms with Crippen LogP contribution in [0.4, 0.5) is 5.82 Å². The molecule has 4 rings (SSSR count). The first-order chi connectivity index (χ1) is 12.7. The average molecular weight is 350 g/mol. The lowest BCUT2D eigenvalue weighted by atomic mass is 9.98. The fourth-order valence-electron chi connectivity index (χ4n) is 3.63. The van der Waals surface area contributed by atoms with Crippen LogP contribution in [-0.4, -0.2) is 26.6 Å². The highest BCUT2D eigenvalue weighted by Crippen LogP contribution is 2.30. The molecule has 0 radical (unpaired) electrons. The summed E-state index contributed by atoms with van der Waals surface area (Å²) in [6, 6.07) is 7.57. The first-order valence-electron chi connectivity index (χ1n) is 9.05. The number of anilines is 1. The van der Waals surface area contributed by atoms with E-state index in [1.165, 1.54) is 6.42 Å². The van der Waals surface area contributed by atoms with E-state index in [-0.39, 0.29) is 6.10 Å². The number of hydrogen-bond donors (Lipinski definition) is 1. The Balaban J connectivity index is 1.84. The smallest absolute Gasteiger partial charge is 0.344 e. The Kier molecular flexibility index (Phi) is 4.32. The third-order valence-corrected chi connectivity index (χ3v) is 4.93. The zero-order valence-corrected chi connectivity index (χ0v) is 14.6. The topological polar surface area (TPSA) is 83.0 Å². The number of nitrogen functional groups attached to an aromatic ring is 1. The summed E-state index contributed by atoms with van der Waals surface area (Å²) in [7, 11) is 0. The predicted molar refractivity (Wildman–Crippen MR) is 102 cm³/mol. The van der Waals surface area contributed by atoms with Crippen molar-refractivity contribution >= 4 is 34.0 Å². The van der Waals surface area contributed by atoms with E-state index < -0.39 is 5.97 Å². The summed E-state index contributed by atoms with van der Waals surface area (Å²) in [5.41, 5.74) is 9.17. The van der Waals surface area contributed by atoms with Crippen LogP contribution in [0.15, 0.2) is 36.9 Å². The van der Waals surface area contributed by atoms with Gasteiger partial charge >= 0.3 is 5.97 Å². The third-order valence-electron chi connectivity index (χ3n) is 4.93. The molecule has 0 saturated heterocycles. The lowest BCUT2D eigenvalue weighted by Gasteiger charge is -2.21. The fourth-order valence-corrected chi connectivity index (χ4v) is 3.63. The van der Waals surface area contributed by atoms with Gasteiger partial charge in [0, 0.05) is 6.54 Å². The van der Waals surface area contributed by atoms with E-state index >= 15 is 0 Å². The van der Waals surface area contributed by atoms with Gasteiger partial charge in [-0.3, -0.25) is 0 Å². The van der Waals surface area contributed by atoms with Crippen molar-refractivity contribution in [1.82, 2.24) is 14.5 Å². The molecule has 134 valence electrons. The number of carbonyl (C=O) groups is 1. The second-order valence-electron chi connectivity index (χ2n) is 6.71. The van der Waals surface area contributed by atoms with Crippen LogP contribution in [0, 0.1) is 0 Å². The number of para-hydroxylation sites is 2. The summed E-state index contributed by atoms with van der Waals surface area (Å²) < 4.78 is 7.51. The predicted octanol–water partition coefficient (Wildman–Crippen LogP) is 3.84. The van der Waals surface area contributed by atoms with Crippen molar-refractivity contribution in [3.05, 3.63) is 42.5 Å². The summed E-state index contributed by atoms with van der Waals surface area (Å²) in [6.45, 7) is 4.22. The standard InChI is InChI=1S/C20H22N4O2/c1-2-12-24-18(21)16(20(25)26-13-8-4-3-5-9-13)17-19(24)23-15-11-7-6-10-14(15)22-17/h2,6-7,10-11,13H,1,3-5,8-9,12,21H2. The fraction of sp³-hybridized carbons (Fsp3) is 0.350. The van der Waals surface area contributed by atoms with Gasteiger partial charge in [-0.2, -0.15) is 0 Å². The molecule has 2 aromatic heterocycles. The molecular weight excluding hydrogens is 328 g/mol. The van der Waals surface area contributed by atoms with Crippen molar-refractivity contribution in [3.8, 4) is 0 Å². The maximum Gasteiger partial charge on any atom is 0.344 e. The quantitative estimate of drug-likeness (QED) is 0.571. The lowest BCUT2D eigenvalue weighted by molar-refractivity contribution is 0.0214. The number of rotatable bonds is 4. The number of carbonyl (C=O) groups excluding carboxylic acids is 1. The van der Waals surface area contributed by atoms with Crippen molar-refractivity contribution in [3.63, 3.8) is 0 Å². The molecule has 2 heterocycles. The molecule has 6 heteroatoms. The molecule has 26 heavy (non-hydrogen) atoms. The largest absolute Gasteiger partial charge is 0.459 e. The first-order valence-corrected chi connectivity index (χ1v) is 9.05. The van der Waals surface area contributed by atoms with Gasteiger partial charge in [0.25, 0.3) is 0 Å². The molecule has 6 nitrogen and oxygen atoms in total. The van der Waals surface area contributed by atoms with E-state index in [2.05, 4.69) is 16.5 Å². The maximum absolute atomic E-state index is 12.9. The van der Waals surface area contributed by atoms with Crippen LogP contribution in [0.3, 0.4) is 0 Å². The van der Waals surface area contributed by atoms with Crippen LogP contribution in [0.2, 0.25) is 0 Å². The minimum atomic E-state index is -0.410. The molecule has 1 aliphatic rings. The van der Waals surface area contributed by atoms with E-state index in [4.69, 9.17) is 10.5 Å². The second-order valence-corrected chi connectivity index (χ2v) is 6.71. The maximum atomic E-state index is 12.9. The average Bonchev–Trinajstić information content (AvgIpc) is 2.92. The Hall–Kier alpha value is -2.89. The van der Waals surface area contributed by atoms with E-state index in [0.717, 1.165) is 36.7 Å². The lowest BCUT2D eigenvalue weighted by Crippen LogP contribution is -2.21.